The zero-order valence-electron chi connectivity index (χ0n) is 16.7. The van der Waals surface area contributed by atoms with Crippen LogP contribution in [0.4, 0.5) is 0 Å². The fourth-order valence-electron chi connectivity index (χ4n) is 3.88. The van der Waals surface area contributed by atoms with E-state index in [1.165, 1.54) is 5.56 Å². The highest BCUT2D eigenvalue weighted by Crippen LogP contribution is 2.28. The molecule has 0 radical (unpaired) electrons. The molecule has 0 unspecified atom stereocenters. The highest BCUT2D eigenvalue weighted by molar-refractivity contribution is 5.82. The largest absolute Gasteiger partial charge is 0.336 e. The second-order valence-electron chi connectivity index (χ2n) is 7.89. The van der Waals surface area contributed by atoms with Gasteiger partial charge >= 0.3 is 0 Å². The highest BCUT2D eigenvalue weighted by Gasteiger charge is 2.35. The maximum Gasteiger partial charge on any atom is 0.238 e. The molecule has 146 valence electrons. The average Bonchev–Trinajstić information content (AvgIpc) is 2.74. The molecule has 4 nitrogen and oxygen atoms in total. The van der Waals surface area contributed by atoms with Crippen molar-refractivity contribution >= 4 is 5.91 Å². The van der Waals surface area contributed by atoms with Gasteiger partial charge in [-0.05, 0) is 37.8 Å². The molecule has 0 bridgehead atoms. The number of nitrogens with one attached hydrogen (secondary N) is 2. The van der Waals surface area contributed by atoms with E-state index in [4.69, 9.17) is 0 Å². The molecule has 1 aliphatic rings. The lowest BCUT2D eigenvalue weighted by atomic mass is 9.82. The maximum atomic E-state index is 12.9. The van der Waals surface area contributed by atoms with Gasteiger partial charge in [0, 0.05) is 0 Å². The Balaban J connectivity index is 1.77. The van der Waals surface area contributed by atoms with Gasteiger partial charge in [-0.1, -0.05) is 79.4 Å². The van der Waals surface area contributed by atoms with Crippen molar-refractivity contribution in [2.75, 3.05) is 0 Å². The minimum atomic E-state index is -0.711. The SMILES string of the molecule is Cc1ccc([C@@H](N[C@@H](C)C(=O)NC2(C#N)CCCCC2)c2ccccc2)cc1. The van der Waals surface area contributed by atoms with Crippen molar-refractivity contribution in [2.24, 2.45) is 0 Å². The number of nitrogens with zero attached hydrogens (tertiary/aromatic N) is 1. The van der Waals surface area contributed by atoms with Gasteiger partial charge in [-0.3, -0.25) is 10.1 Å². The molecule has 0 heterocycles. The minimum absolute atomic E-state index is 0.0908. The summed E-state index contributed by atoms with van der Waals surface area (Å²) < 4.78 is 0. The maximum absolute atomic E-state index is 12.9. The Labute approximate surface area is 168 Å². The predicted octanol–water partition coefficient (Wildman–Crippen LogP) is 4.41. The molecule has 28 heavy (non-hydrogen) atoms. The van der Waals surface area contributed by atoms with Crippen LogP contribution in [0, 0.1) is 18.3 Å². The standard InChI is InChI=1S/C24H29N3O/c1-18-11-13-21(14-12-18)22(20-9-5-3-6-10-20)26-19(2)23(28)27-24(17-25)15-7-4-8-16-24/h3,5-6,9-14,19,22,26H,4,7-8,15-16H2,1-2H3,(H,27,28)/t19-,22-/m0/s1. The first-order valence-electron chi connectivity index (χ1n) is 10.1. The van der Waals surface area contributed by atoms with Crippen molar-refractivity contribution in [2.45, 2.75) is 63.6 Å². The number of aryl methyl sites for hydroxylation is 1. The van der Waals surface area contributed by atoms with Crippen LogP contribution in [0.25, 0.3) is 0 Å². The van der Waals surface area contributed by atoms with E-state index in [2.05, 4.69) is 60.0 Å². The van der Waals surface area contributed by atoms with Crippen LogP contribution in [-0.4, -0.2) is 17.5 Å². The van der Waals surface area contributed by atoms with Crippen LogP contribution >= 0.6 is 0 Å². The van der Waals surface area contributed by atoms with Crippen LogP contribution in [0.15, 0.2) is 54.6 Å². The lowest BCUT2D eigenvalue weighted by molar-refractivity contribution is -0.124. The summed E-state index contributed by atoms with van der Waals surface area (Å²) in [6, 6.07) is 20.4. The van der Waals surface area contributed by atoms with Gasteiger partial charge in [0.1, 0.15) is 5.54 Å². The third-order valence-electron chi connectivity index (χ3n) is 5.64. The van der Waals surface area contributed by atoms with E-state index < -0.39 is 11.6 Å². The Morgan fingerprint density at radius 2 is 1.61 bits per heavy atom. The van der Waals surface area contributed by atoms with Crippen LogP contribution in [0.2, 0.25) is 0 Å². The van der Waals surface area contributed by atoms with Gasteiger partial charge < -0.3 is 5.32 Å². The quantitative estimate of drug-likeness (QED) is 0.786. The normalized spacial score (nSPS) is 17.9. The summed E-state index contributed by atoms with van der Waals surface area (Å²) >= 11 is 0. The number of hydrogen-bond donors (Lipinski definition) is 2. The monoisotopic (exact) mass is 375 g/mol. The Hall–Kier alpha value is -2.64. The molecule has 1 amide bonds. The third kappa shape index (κ3) is 4.79. The van der Waals surface area contributed by atoms with E-state index in [9.17, 15) is 10.1 Å². The molecule has 0 aliphatic heterocycles. The summed E-state index contributed by atoms with van der Waals surface area (Å²) in [6.45, 7) is 3.93. The van der Waals surface area contributed by atoms with Crippen molar-refractivity contribution in [3.8, 4) is 6.07 Å². The van der Waals surface area contributed by atoms with Crippen molar-refractivity contribution in [3.05, 3.63) is 71.3 Å². The first-order valence-corrected chi connectivity index (χ1v) is 10.1. The zero-order chi connectivity index (χ0) is 20.0. The van der Waals surface area contributed by atoms with Gasteiger partial charge in [-0.2, -0.15) is 5.26 Å². The highest BCUT2D eigenvalue weighted by atomic mass is 16.2. The minimum Gasteiger partial charge on any atom is -0.336 e. The molecule has 1 fully saturated rings. The van der Waals surface area contributed by atoms with Crippen LogP contribution in [0.1, 0.15) is 61.8 Å². The van der Waals surface area contributed by atoms with Crippen LogP contribution in [0.5, 0.6) is 0 Å². The molecule has 2 atom stereocenters. The lowest BCUT2D eigenvalue weighted by Gasteiger charge is -2.33. The first kappa shape index (κ1) is 20.1. The fraction of sp³-hybridized carbons (Fsp3) is 0.417. The summed E-state index contributed by atoms with van der Waals surface area (Å²) in [5.74, 6) is -0.114. The molecule has 2 aromatic carbocycles. The lowest BCUT2D eigenvalue weighted by Crippen LogP contribution is -2.54. The van der Waals surface area contributed by atoms with E-state index in [0.29, 0.717) is 0 Å². The van der Waals surface area contributed by atoms with E-state index in [0.717, 1.165) is 43.2 Å². The Bertz CT molecular complexity index is 817. The Morgan fingerprint density at radius 1 is 1.00 bits per heavy atom. The molecule has 3 rings (SSSR count). The van der Waals surface area contributed by atoms with E-state index >= 15 is 0 Å². The summed E-state index contributed by atoms with van der Waals surface area (Å²) in [7, 11) is 0. The van der Waals surface area contributed by atoms with Crippen LogP contribution < -0.4 is 10.6 Å². The number of benzene rings is 2. The van der Waals surface area contributed by atoms with Crippen LogP contribution in [0.3, 0.4) is 0 Å². The summed E-state index contributed by atoms with van der Waals surface area (Å²) in [5.41, 5.74) is 2.72. The predicted molar refractivity (Wildman–Crippen MR) is 112 cm³/mol. The second kappa shape index (κ2) is 9.03. The molecular formula is C24H29N3O. The number of nitriles is 1. The average molecular weight is 376 g/mol. The van der Waals surface area contributed by atoms with Gasteiger partial charge in [-0.25, -0.2) is 0 Å². The van der Waals surface area contributed by atoms with Gasteiger partial charge in [0.15, 0.2) is 0 Å². The molecule has 0 spiro atoms. The molecule has 1 aliphatic carbocycles. The van der Waals surface area contributed by atoms with Gasteiger partial charge in [-0.15, -0.1) is 0 Å². The molecular weight excluding hydrogens is 346 g/mol. The Kier molecular flexibility index (Phi) is 6.49. The number of amides is 1. The van der Waals surface area contributed by atoms with Gasteiger partial charge in [0.05, 0.1) is 18.2 Å². The third-order valence-corrected chi connectivity index (χ3v) is 5.64. The smallest absolute Gasteiger partial charge is 0.238 e. The fourth-order valence-corrected chi connectivity index (χ4v) is 3.88. The number of carbonyl (C=O) groups is 1. The summed E-state index contributed by atoms with van der Waals surface area (Å²) in [6.07, 6.45) is 4.60. The van der Waals surface area contributed by atoms with Gasteiger partial charge in [0.25, 0.3) is 0 Å². The van der Waals surface area contributed by atoms with Crippen LogP contribution in [-0.2, 0) is 4.79 Å². The number of carbonyl (C=O) groups excluding carboxylic acids is 1. The second-order valence-corrected chi connectivity index (χ2v) is 7.89. The van der Waals surface area contributed by atoms with E-state index in [1.54, 1.807) is 0 Å². The van der Waals surface area contributed by atoms with E-state index in [-0.39, 0.29) is 11.9 Å². The number of rotatable bonds is 6. The molecule has 0 aromatic heterocycles. The van der Waals surface area contributed by atoms with Crippen molar-refractivity contribution in [1.29, 1.82) is 5.26 Å². The summed E-state index contributed by atoms with van der Waals surface area (Å²) in [4.78, 5) is 12.9. The van der Waals surface area contributed by atoms with Crippen molar-refractivity contribution in [3.63, 3.8) is 0 Å². The zero-order valence-corrected chi connectivity index (χ0v) is 16.7. The first-order chi connectivity index (χ1) is 13.5. The van der Waals surface area contributed by atoms with E-state index in [1.807, 2.05) is 25.1 Å². The van der Waals surface area contributed by atoms with Crippen molar-refractivity contribution < 1.29 is 4.79 Å². The molecule has 2 N–H and O–H groups in total. The molecule has 2 aromatic rings. The van der Waals surface area contributed by atoms with Crippen molar-refractivity contribution in [1.82, 2.24) is 10.6 Å². The Morgan fingerprint density at radius 3 is 2.21 bits per heavy atom. The topological polar surface area (TPSA) is 64.9 Å². The summed E-state index contributed by atoms with van der Waals surface area (Å²) in [5, 5.41) is 16.2. The molecule has 4 heteroatoms. The molecule has 0 saturated heterocycles. The molecule has 1 saturated carbocycles. The number of hydrogen-bond acceptors (Lipinski definition) is 3. The van der Waals surface area contributed by atoms with Gasteiger partial charge in [0.2, 0.25) is 5.91 Å².